The van der Waals surface area contributed by atoms with E-state index in [1.165, 1.54) is 11.3 Å². The van der Waals surface area contributed by atoms with Gasteiger partial charge in [-0.1, -0.05) is 0 Å². The number of hydrogen-bond donors (Lipinski definition) is 1. The molecule has 2 rings (SSSR count). The van der Waals surface area contributed by atoms with Gasteiger partial charge in [-0.15, -0.1) is 11.3 Å². The fourth-order valence-corrected chi connectivity index (χ4v) is 3.10. The molecule has 0 aromatic carbocycles. The molecule has 0 radical (unpaired) electrons. The lowest BCUT2D eigenvalue weighted by Gasteiger charge is -2.12. The highest BCUT2D eigenvalue weighted by Crippen LogP contribution is 2.34. The van der Waals surface area contributed by atoms with E-state index in [1.807, 2.05) is 18.4 Å². The van der Waals surface area contributed by atoms with Crippen molar-refractivity contribution in [3.63, 3.8) is 0 Å². The molecule has 0 fully saturated rings. The zero-order chi connectivity index (χ0) is 12.4. The van der Waals surface area contributed by atoms with E-state index in [4.69, 9.17) is 4.74 Å². The monoisotopic (exact) mass is 316 g/mol. The highest BCUT2D eigenvalue weighted by molar-refractivity contribution is 9.10. The summed E-state index contributed by atoms with van der Waals surface area (Å²) in [6, 6.07) is 1.90. The Kier molecular flexibility index (Phi) is 3.86. The summed E-state index contributed by atoms with van der Waals surface area (Å²) in [5.41, 5.74) is 0.698. The van der Waals surface area contributed by atoms with Crippen LogP contribution in [0.15, 0.2) is 22.1 Å². The van der Waals surface area contributed by atoms with Gasteiger partial charge in [0.2, 0.25) is 0 Å². The molecule has 4 nitrogen and oxygen atoms in total. The molecule has 0 aliphatic heterocycles. The van der Waals surface area contributed by atoms with E-state index in [0.29, 0.717) is 18.0 Å². The van der Waals surface area contributed by atoms with Gasteiger partial charge in [0.15, 0.2) is 5.75 Å². The molecule has 2 aromatic rings. The predicted molar refractivity (Wildman–Crippen MR) is 70.5 cm³/mol. The topological polar surface area (TPSA) is 47.3 Å². The third kappa shape index (κ3) is 2.38. The van der Waals surface area contributed by atoms with Gasteiger partial charge >= 0.3 is 0 Å². The fourth-order valence-electron chi connectivity index (χ4n) is 1.67. The van der Waals surface area contributed by atoms with Crippen LogP contribution in [0.2, 0.25) is 0 Å². The number of aliphatic hydroxyl groups is 1. The van der Waals surface area contributed by atoms with Gasteiger partial charge in [-0.3, -0.25) is 4.68 Å². The maximum absolute atomic E-state index is 10.4. The van der Waals surface area contributed by atoms with E-state index < -0.39 is 6.10 Å². The maximum atomic E-state index is 10.4. The smallest absolute Gasteiger partial charge is 0.163 e. The highest BCUT2D eigenvalue weighted by Gasteiger charge is 2.22. The van der Waals surface area contributed by atoms with E-state index in [2.05, 4.69) is 21.0 Å². The number of aryl methyl sites for hydroxylation is 1. The minimum Gasteiger partial charge on any atom is -0.493 e. The first kappa shape index (κ1) is 12.6. The third-order valence-corrected chi connectivity index (χ3v) is 4.23. The first-order valence-electron chi connectivity index (χ1n) is 5.19. The summed E-state index contributed by atoms with van der Waals surface area (Å²) in [6.45, 7) is 2.68. The molecule has 1 N–H and O–H groups in total. The van der Waals surface area contributed by atoms with Gasteiger partial charge in [0, 0.05) is 21.3 Å². The number of aliphatic hydroxyl groups excluding tert-OH is 1. The lowest BCUT2D eigenvalue weighted by Crippen LogP contribution is -2.09. The normalized spacial score (nSPS) is 12.7. The molecule has 1 unspecified atom stereocenters. The summed E-state index contributed by atoms with van der Waals surface area (Å²) in [5, 5.41) is 16.5. The van der Waals surface area contributed by atoms with Crippen LogP contribution in [0.25, 0.3) is 0 Å². The SMILES string of the molecule is CCn1ncc(OC)c1C(O)c1cc(Br)cs1. The van der Waals surface area contributed by atoms with Crippen LogP contribution in [-0.4, -0.2) is 22.0 Å². The van der Waals surface area contributed by atoms with E-state index in [0.717, 1.165) is 9.35 Å². The van der Waals surface area contributed by atoms with Gasteiger partial charge in [0.05, 0.1) is 13.3 Å². The van der Waals surface area contributed by atoms with Crippen LogP contribution >= 0.6 is 27.3 Å². The Morgan fingerprint density at radius 3 is 2.94 bits per heavy atom. The first-order chi connectivity index (χ1) is 8.17. The van der Waals surface area contributed by atoms with E-state index in [9.17, 15) is 5.11 Å². The van der Waals surface area contributed by atoms with Gasteiger partial charge in [-0.2, -0.15) is 5.10 Å². The van der Waals surface area contributed by atoms with Crippen molar-refractivity contribution in [2.75, 3.05) is 7.11 Å². The van der Waals surface area contributed by atoms with Crippen LogP contribution in [0.5, 0.6) is 5.75 Å². The third-order valence-electron chi connectivity index (χ3n) is 2.48. The van der Waals surface area contributed by atoms with Gasteiger partial charge in [-0.25, -0.2) is 0 Å². The second-order valence-electron chi connectivity index (χ2n) is 3.48. The second-order valence-corrected chi connectivity index (χ2v) is 5.34. The Morgan fingerprint density at radius 1 is 1.65 bits per heavy atom. The molecule has 0 aliphatic rings. The van der Waals surface area contributed by atoms with E-state index in [1.54, 1.807) is 18.0 Å². The number of halogens is 1. The molecule has 0 saturated heterocycles. The van der Waals surface area contributed by atoms with Crippen molar-refractivity contribution in [3.05, 3.63) is 32.7 Å². The molecule has 0 amide bonds. The average Bonchev–Trinajstić information content (AvgIpc) is 2.93. The average molecular weight is 317 g/mol. The van der Waals surface area contributed by atoms with Crippen molar-refractivity contribution < 1.29 is 9.84 Å². The zero-order valence-electron chi connectivity index (χ0n) is 9.55. The highest BCUT2D eigenvalue weighted by atomic mass is 79.9. The van der Waals surface area contributed by atoms with Crippen LogP contribution in [-0.2, 0) is 6.54 Å². The predicted octanol–water partition coefficient (Wildman–Crippen LogP) is 2.82. The van der Waals surface area contributed by atoms with Crippen molar-refractivity contribution >= 4 is 27.3 Å². The van der Waals surface area contributed by atoms with Gasteiger partial charge in [-0.05, 0) is 28.9 Å². The summed E-state index contributed by atoms with van der Waals surface area (Å²) in [7, 11) is 1.58. The molecule has 92 valence electrons. The Labute approximate surface area is 112 Å². The molecule has 2 aromatic heterocycles. The maximum Gasteiger partial charge on any atom is 0.163 e. The molecular weight excluding hydrogens is 304 g/mol. The van der Waals surface area contributed by atoms with Crippen LogP contribution < -0.4 is 4.74 Å². The number of aromatic nitrogens is 2. The first-order valence-corrected chi connectivity index (χ1v) is 6.86. The van der Waals surface area contributed by atoms with Crippen molar-refractivity contribution in [2.45, 2.75) is 19.6 Å². The quantitative estimate of drug-likeness (QED) is 0.943. The number of ether oxygens (including phenoxy) is 1. The molecular formula is C11H13BrN2O2S. The number of thiophene rings is 1. The Balaban J connectivity index is 2.41. The molecule has 2 heterocycles. The summed E-state index contributed by atoms with van der Waals surface area (Å²) < 4.78 is 7.94. The summed E-state index contributed by atoms with van der Waals surface area (Å²) in [4.78, 5) is 0.866. The van der Waals surface area contributed by atoms with Crippen molar-refractivity contribution in [3.8, 4) is 5.75 Å². The second kappa shape index (κ2) is 5.20. The molecule has 0 saturated carbocycles. The molecule has 1 atom stereocenters. The van der Waals surface area contributed by atoms with E-state index >= 15 is 0 Å². The summed E-state index contributed by atoms with van der Waals surface area (Å²) >= 11 is 4.88. The molecule has 17 heavy (non-hydrogen) atoms. The lowest BCUT2D eigenvalue weighted by molar-refractivity contribution is 0.206. The number of methoxy groups -OCH3 is 1. The summed E-state index contributed by atoms with van der Waals surface area (Å²) in [5.74, 6) is 0.615. The zero-order valence-corrected chi connectivity index (χ0v) is 12.0. The Hall–Kier alpha value is -0.850. The standard InChI is InChI=1S/C11H13BrN2O2S/c1-3-14-10(8(16-2)5-13-14)11(15)9-4-7(12)6-17-9/h4-6,11,15H,3H2,1-2H3. The number of rotatable bonds is 4. The Morgan fingerprint density at radius 2 is 2.41 bits per heavy atom. The molecule has 0 aliphatic carbocycles. The van der Waals surface area contributed by atoms with Gasteiger partial charge < -0.3 is 9.84 Å². The molecule has 0 spiro atoms. The van der Waals surface area contributed by atoms with Gasteiger partial charge in [0.25, 0.3) is 0 Å². The van der Waals surface area contributed by atoms with E-state index in [-0.39, 0.29) is 0 Å². The number of nitrogens with zero attached hydrogens (tertiary/aromatic N) is 2. The minimum atomic E-state index is -0.705. The van der Waals surface area contributed by atoms with Crippen molar-refractivity contribution in [1.82, 2.24) is 9.78 Å². The molecule has 6 heteroatoms. The van der Waals surface area contributed by atoms with Crippen LogP contribution in [0.3, 0.4) is 0 Å². The van der Waals surface area contributed by atoms with Crippen LogP contribution in [0.1, 0.15) is 23.6 Å². The largest absolute Gasteiger partial charge is 0.493 e. The Bertz CT molecular complexity index is 488. The molecule has 0 bridgehead atoms. The van der Waals surface area contributed by atoms with Crippen LogP contribution in [0, 0.1) is 0 Å². The minimum absolute atomic E-state index is 0.615. The van der Waals surface area contributed by atoms with Crippen molar-refractivity contribution in [2.24, 2.45) is 0 Å². The van der Waals surface area contributed by atoms with Crippen molar-refractivity contribution in [1.29, 1.82) is 0 Å². The summed E-state index contributed by atoms with van der Waals surface area (Å²) in [6.07, 6.45) is 0.925. The number of hydrogen-bond acceptors (Lipinski definition) is 4. The fraction of sp³-hybridized carbons (Fsp3) is 0.364. The lowest BCUT2D eigenvalue weighted by atomic mass is 10.2. The van der Waals surface area contributed by atoms with Gasteiger partial charge in [0.1, 0.15) is 11.8 Å². The van der Waals surface area contributed by atoms with Crippen LogP contribution in [0.4, 0.5) is 0 Å².